The Hall–Kier alpha value is -3.76. The van der Waals surface area contributed by atoms with Gasteiger partial charge in [0, 0.05) is 17.3 Å². The summed E-state index contributed by atoms with van der Waals surface area (Å²) in [5.74, 6) is -0.505. The highest BCUT2D eigenvalue weighted by molar-refractivity contribution is 5.77. The summed E-state index contributed by atoms with van der Waals surface area (Å²) in [6.07, 6.45) is 1.64. The average Bonchev–Trinajstić information content (AvgIpc) is 3.16. The van der Waals surface area contributed by atoms with Crippen molar-refractivity contribution in [1.29, 1.82) is 5.26 Å². The molecule has 1 N–H and O–H groups in total. The smallest absolute Gasteiger partial charge is 0.178 e. The van der Waals surface area contributed by atoms with E-state index >= 15 is 0 Å². The summed E-state index contributed by atoms with van der Waals surface area (Å²) < 4.78 is 21.1. The fraction of sp³-hybridized carbons (Fsp3) is 0.174. The van der Waals surface area contributed by atoms with Crippen LogP contribution in [0.3, 0.4) is 0 Å². The fourth-order valence-corrected chi connectivity index (χ4v) is 3.31. The van der Waals surface area contributed by atoms with Crippen molar-refractivity contribution in [3.63, 3.8) is 0 Å². The maximum absolute atomic E-state index is 14.3. The number of pyridine rings is 1. The third-order valence-corrected chi connectivity index (χ3v) is 4.88. The predicted molar refractivity (Wildman–Crippen MR) is 111 cm³/mol. The third-order valence-electron chi connectivity index (χ3n) is 4.88. The third kappa shape index (κ3) is 3.38. The van der Waals surface area contributed by atoms with Gasteiger partial charge in [-0.3, -0.25) is 4.57 Å². The molecule has 0 aliphatic rings. The van der Waals surface area contributed by atoms with Gasteiger partial charge >= 0.3 is 0 Å². The SMILES string of the molecule is COc1cc(C#N)c(-c2cccc(-n3cnc4nc(C(C)(C)O)ccc43)c2)cc1F. The maximum Gasteiger partial charge on any atom is 0.178 e. The number of benzene rings is 2. The molecule has 0 aliphatic carbocycles. The van der Waals surface area contributed by atoms with Crippen LogP contribution in [0.15, 0.2) is 54.9 Å². The second-order valence-electron chi connectivity index (χ2n) is 7.41. The van der Waals surface area contributed by atoms with Crippen LogP contribution < -0.4 is 4.74 Å². The molecule has 30 heavy (non-hydrogen) atoms. The molecule has 2 aromatic carbocycles. The molecule has 4 aromatic rings. The summed E-state index contributed by atoms with van der Waals surface area (Å²) in [7, 11) is 1.36. The van der Waals surface area contributed by atoms with Gasteiger partial charge < -0.3 is 9.84 Å². The first-order valence-electron chi connectivity index (χ1n) is 9.27. The lowest BCUT2D eigenvalue weighted by molar-refractivity contribution is 0.0742. The Morgan fingerprint density at radius 2 is 1.97 bits per heavy atom. The summed E-state index contributed by atoms with van der Waals surface area (Å²) in [6.45, 7) is 3.34. The molecule has 7 heteroatoms. The molecule has 0 unspecified atom stereocenters. The molecule has 0 amide bonds. The quantitative estimate of drug-likeness (QED) is 0.549. The molecule has 0 spiro atoms. The summed E-state index contributed by atoms with van der Waals surface area (Å²) in [6, 6.07) is 15.8. The summed E-state index contributed by atoms with van der Waals surface area (Å²) in [5.41, 5.74) is 3.00. The highest BCUT2D eigenvalue weighted by Gasteiger charge is 2.19. The highest BCUT2D eigenvalue weighted by atomic mass is 19.1. The number of nitriles is 1. The van der Waals surface area contributed by atoms with Crippen LogP contribution in [-0.2, 0) is 5.60 Å². The normalized spacial score (nSPS) is 11.5. The van der Waals surface area contributed by atoms with Gasteiger partial charge in [-0.1, -0.05) is 12.1 Å². The largest absolute Gasteiger partial charge is 0.494 e. The minimum atomic E-state index is -1.07. The molecule has 150 valence electrons. The first-order valence-corrected chi connectivity index (χ1v) is 9.27. The van der Waals surface area contributed by atoms with Gasteiger partial charge in [0.2, 0.25) is 0 Å². The van der Waals surface area contributed by atoms with Gasteiger partial charge in [0.1, 0.15) is 11.9 Å². The lowest BCUT2D eigenvalue weighted by Crippen LogP contribution is -2.17. The molecular formula is C23H19FN4O2. The zero-order valence-corrected chi connectivity index (χ0v) is 16.7. The Morgan fingerprint density at radius 3 is 2.67 bits per heavy atom. The van der Waals surface area contributed by atoms with E-state index in [1.165, 1.54) is 19.2 Å². The van der Waals surface area contributed by atoms with E-state index < -0.39 is 11.4 Å². The standard InChI is InChI=1S/C23H19FN4O2/c1-23(2,29)21-8-7-19-22(27-21)26-13-28(19)16-6-4-5-14(9-16)17-11-18(24)20(30-3)10-15(17)12-25/h4-11,13,29H,1-3H3. The van der Waals surface area contributed by atoms with Crippen molar-refractivity contribution in [2.75, 3.05) is 7.11 Å². The van der Waals surface area contributed by atoms with Gasteiger partial charge in [0.15, 0.2) is 17.2 Å². The second kappa shape index (κ2) is 7.25. The Kier molecular flexibility index (Phi) is 4.72. The van der Waals surface area contributed by atoms with Crippen molar-refractivity contribution < 1.29 is 14.2 Å². The number of hydrogen-bond acceptors (Lipinski definition) is 5. The van der Waals surface area contributed by atoms with E-state index in [0.717, 1.165) is 11.2 Å². The van der Waals surface area contributed by atoms with Crippen LogP contribution in [-0.4, -0.2) is 26.8 Å². The zero-order valence-electron chi connectivity index (χ0n) is 16.7. The number of hydrogen-bond donors (Lipinski definition) is 1. The lowest BCUT2D eigenvalue weighted by Gasteiger charge is -2.16. The lowest BCUT2D eigenvalue weighted by atomic mass is 9.99. The molecule has 0 saturated heterocycles. The molecule has 6 nitrogen and oxygen atoms in total. The van der Waals surface area contributed by atoms with Crippen LogP contribution in [0.2, 0.25) is 0 Å². The second-order valence-corrected chi connectivity index (χ2v) is 7.41. The topological polar surface area (TPSA) is 84.0 Å². The first-order chi connectivity index (χ1) is 14.3. The number of ether oxygens (including phenoxy) is 1. The molecule has 0 aliphatic heterocycles. The molecular weight excluding hydrogens is 383 g/mol. The van der Waals surface area contributed by atoms with Crippen LogP contribution >= 0.6 is 0 Å². The molecule has 0 fully saturated rings. The van der Waals surface area contributed by atoms with Crippen molar-refractivity contribution in [3.05, 3.63) is 71.9 Å². The van der Waals surface area contributed by atoms with Gasteiger partial charge in [-0.15, -0.1) is 0 Å². The van der Waals surface area contributed by atoms with E-state index in [4.69, 9.17) is 4.74 Å². The van der Waals surface area contributed by atoms with E-state index in [-0.39, 0.29) is 5.75 Å². The van der Waals surface area contributed by atoms with Crippen LogP contribution in [0.25, 0.3) is 28.0 Å². The molecule has 0 atom stereocenters. The maximum atomic E-state index is 14.3. The number of nitrogens with zero attached hydrogens (tertiary/aromatic N) is 4. The zero-order chi connectivity index (χ0) is 21.5. The van der Waals surface area contributed by atoms with E-state index in [1.807, 2.05) is 34.9 Å². The number of fused-ring (bicyclic) bond motifs is 1. The van der Waals surface area contributed by atoms with Crippen molar-refractivity contribution in [3.8, 4) is 28.6 Å². The molecule has 2 heterocycles. The highest BCUT2D eigenvalue weighted by Crippen LogP contribution is 2.31. The van der Waals surface area contributed by atoms with Gasteiger partial charge in [-0.2, -0.15) is 5.26 Å². The van der Waals surface area contributed by atoms with Gasteiger partial charge in [0.25, 0.3) is 0 Å². The first kappa shape index (κ1) is 19.6. The number of halogens is 1. The van der Waals surface area contributed by atoms with Gasteiger partial charge in [-0.25, -0.2) is 14.4 Å². The van der Waals surface area contributed by atoms with Gasteiger partial charge in [-0.05, 0) is 49.7 Å². The number of aliphatic hydroxyl groups is 1. The van der Waals surface area contributed by atoms with E-state index in [2.05, 4.69) is 16.0 Å². The minimum Gasteiger partial charge on any atom is -0.494 e. The fourth-order valence-electron chi connectivity index (χ4n) is 3.31. The van der Waals surface area contributed by atoms with Gasteiger partial charge in [0.05, 0.1) is 30.0 Å². The molecule has 0 radical (unpaired) electrons. The number of aromatic nitrogens is 3. The van der Waals surface area contributed by atoms with Crippen LogP contribution in [0.4, 0.5) is 4.39 Å². The van der Waals surface area contributed by atoms with Crippen molar-refractivity contribution in [2.24, 2.45) is 0 Å². The number of imidazole rings is 1. The van der Waals surface area contributed by atoms with Crippen molar-refractivity contribution in [1.82, 2.24) is 14.5 Å². The Balaban J connectivity index is 1.82. The summed E-state index contributed by atoms with van der Waals surface area (Å²) >= 11 is 0. The number of methoxy groups -OCH3 is 1. The average molecular weight is 402 g/mol. The Bertz CT molecular complexity index is 1300. The van der Waals surface area contributed by atoms with Crippen molar-refractivity contribution >= 4 is 11.2 Å². The van der Waals surface area contributed by atoms with E-state index in [1.54, 1.807) is 26.2 Å². The Labute approximate surface area is 172 Å². The van der Waals surface area contributed by atoms with E-state index in [9.17, 15) is 14.8 Å². The van der Waals surface area contributed by atoms with Crippen LogP contribution in [0.1, 0.15) is 25.1 Å². The predicted octanol–water partition coefficient (Wildman–Crippen LogP) is 4.33. The summed E-state index contributed by atoms with van der Waals surface area (Å²) in [4.78, 5) is 8.80. The van der Waals surface area contributed by atoms with Crippen LogP contribution in [0, 0.1) is 17.1 Å². The molecule has 2 aromatic heterocycles. The molecule has 0 bridgehead atoms. The number of rotatable bonds is 4. The molecule has 4 rings (SSSR count). The monoisotopic (exact) mass is 402 g/mol. The Morgan fingerprint density at radius 1 is 1.17 bits per heavy atom. The van der Waals surface area contributed by atoms with E-state index in [0.29, 0.717) is 28.0 Å². The molecule has 0 saturated carbocycles. The van der Waals surface area contributed by atoms with Crippen LogP contribution in [0.5, 0.6) is 5.75 Å². The summed E-state index contributed by atoms with van der Waals surface area (Å²) in [5, 5.41) is 19.7. The minimum absolute atomic E-state index is 0.0285. The van der Waals surface area contributed by atoms with Crippen molar-refractivity contribution in [2.45, 2.75) is 19.4 Å².